The van der Waals surface area contributed by atoms with Crippen molar-refractivity contribution in [2.45, 2.75) is 43.5 Å². The smallest absolute Gasteiger partial charge is 0.226 e. The Balaban J connectivity index is 1.59. The summed E-state index contributed by atoms with van der Waals surface area (Å²) >= 11 is 0. The van der Waals surface area contributed by atoms with Crippen LogP contribution in [0.25, 0.3) is 0 Å². The third-order valence-electron chi connectivity index (χ3n) is 4.94. The summed E-state index contributed by atoms with van der Waals surface area (Å²) in [6.07, 6.45) is 0.0997. The predicted octanol–water partition coefficient (Wildman–Crippen LogP) is 0.438. The number of ether oxygens (including phenoxy) is 1. The van der Waals surface area contributed by atoms with Gasteiger partial charge in [-0.15, -0.1) is 0 Å². The fourth-order valence-corrected chi connectivity index (χ4v) is 3.50. The molecule has 2 fully saturated rings. The molecule has 3 N–H and O–H groups in total. The van der Waals surface area contributed by atoms with Gasteiger partial charge < -0.3 is 25.0 Å². The van der Waals surface area contributed by atoms with E-state index in [0.717, 1.165) is 5.56 Å². The number of rotatable bonds is 2. The fraction of sp³-hybridized carbons (Fsp3) is 0.588. The monoisotopic (exact) mass is 321 g/mol. The zero-order valence-electron chi connectivity index (χ0n) is 13.0. The highest BCUT2D eigenvalue weighted by Gasteiger charge is 2.47. The lowest BCUT2D eigenvalue weighted by molar-refractivity contribution is -0.214. The van der Waals surface area contributed by atoms with Gasteiger partial charge in [-0.25, -0.2) is 0 Å². The number of likely N-dealkylation sites (tertiary alicyclic amines) is 1. The molecule has 2 atom stereocenters. The average Bonchev–Trinajstić information content (AvgIpc) is 2.53. The molecule has 0 aromatic heterocycles. The van der Waals surface area contributed by atoms with Crippen molar-refractivity contribution >= 4 is 5.91 Å². The lowest BCUT2D eigenvalue weighted by Crippen LogP contribution is -2.60. The highest BCUT2D eigenvalue weighted by molar-refractivity contribution is 5.79. The van der Waals surface area contributed by atoms with Crippen LogP contribution in [0.1, 0.15) is 24.8 Å². The number of carbonyl (C=O) groups is 1. The average molecular weight is 321 g/mol. The lowest BCUT2D eigenvalue weighted by Gasteiger charge is -2.48. The summed E-state index contributed by atoms with van der Waals surface area (Å²) in [4.78, 5) is 14.1. The van der Waals surface area contributed by atoms with Crippen molar-refractivity contribution in [3.05, 3.63) is 29.8 Å². The summed E-state index contributed by atoms with van der Waals surface area (Å²) in [6, 6.07) is 6.70. The number of aliphatic hydroxyl groups excluding tert-OH is 2. The van der Waals surface area contributed by atoms with Crippen molar-refractivity contribution < 1.29 is 24.9 Å². The van der Waals surface area contributed by atoms with Crippen LogP contribution in [0.2, 0.25) is 0 Å². The molecular weight excluding hydrogens is 298 g/mol. The van der Waals surface area contributed by atoms with Gasteiger partial charge in [0.05, 0.1) is 24.7 Å². The molecule has 1 aromatic carbocycles. The van der Waals surface area contributed by atoms with Gasteiger partial charge >= 0.3 is 0 Å². The minimum atomic E-state index is -0.889. The molecular formula is C17H23NO5. The summed E-state index contributed by atoms with van der Waals surface area (Å²) in [7, 11) is 0. The lowest BCUT2D eigenvalue weighted by atomic mass is 9.80. The summed E-state index contributed by atoms with van der Waals surface area (Å²) in [5, 5.41) is 29.6. The Hall–Kier alpha value is -1.63. The van der Waals surface area contributed by atoms with Crippen LogP contribution in [0.15, 0.2) is 24.3 Å². The maximum atomic E-state index is 12.4. The molecule has 6 heteroatoms. The number of hydrogen-bond donors (Lipinski definition) is 3. The molecule has 0 aliphatic carbocycles. The molecule has 2 heterocycles. The summed E-state index contributed by atoms with van der Waals surface area (Å²) < 4.78 is 5.77. The second-order valence-electron chi connectivity index (χ2n) is 6.44. The van der Waals surface area contributed by atoms with E-state index in [4.69, 9.17) is 4.74 Å². The van der Waals surface area contributed by atoms with Crippen LogP contribution in [0.4, 0.5) is 0 Å². The highest BCUT2D eigenvalue weighted by atomic mass is 16.5. The molecule has 0 unspecified atom stereocenters. The number of aliphatic hydroxyl groups is 2. The molecule has 3 rings (SSSR count). The van der Waals surface area contributed by atoms with Gasteiger partial charge in [-0.1, -0.05) is 12.1 Å². The Kier molecular flexibility index (Phi) is 4.57. The zero-order valence-corrected chi connectivity index (χ0v) is 13.0. The van der Waals surface area contributed by atoms with E-state index in [-0.39, 0.29) is 18.1 Å². The minimum absolute atomic E-state index is 0.00343. The predicted molar refractivity (Wildman–Crippen MR) is 82.9 cm³/mol. The first-order valence-corrected chi connectivity index (χ1v) is 8.06. The van der Waals surface area contributed by atoms with Crippen LogP contribution in [0.5, 0.6) is 5.75 Å². The van der Waals surface area contributed by atoms with Crippen LogP contribution in [-0.2, 0) is 16.0 Å². The van der Waals surface area contributed by atoms with Crippen molar-refractivity contribution in [1.82, 2.24) is 4.90 Å². The molecule has 2 aliphatic rings. The molecule has 126 valence electrons. The first-order valence-electron chi connectivity index (χ1n) is 8.06. The second kappa shape index (κ2) is 6.47. The van der Waals surface area contributed by atoms with Crippen molar-refractivity contribution in [1.29, 1.82) is 0 Å². The molecule has 1 aromatic rings. The third-order valence-corrected chi connectivity index (χ3v) is 4.94. The number of carbonyl (C=O) groups excluding carboxylic acids is 1. The molecule has 23 heavy (non-hydrogen) atoms. The number of nitrogens with zero attached hydrogens (tertiary/aromatic N) is 1. The number of phenolic OH excluding ortho intramolecular Hbond substituents is 1. The Morgan fingerprint density at radius 3 is 2.74 bits per heavy atom. The van der Waals surface area contributed by atoms with Gasteiger partial charge in [0.1, 0.15) is 11.9 Å². The maximum Gasteiger partial charge on any atom is 0.226 e. The van der Waals surface area contributed by atoms with Crippen LogP contribution in [-0.4, -0.2) is 63.6 Å². The molecule has 0 radical (unpaired) electrons. The molecule has 2 saturated heterocycles. The van der Waals surface area contributed by atoms with E-state index in [9.17, 15) is 20.1 Å². The Morgan fingerprint density at radius 2 is 2.04 bits per heavy atom. The standard InChI is InChI=1S/C17H23NO5/c19-13-3-1-2-12(10-13)11-15(21)18-7-5-17(6-8-18)16(22)14(20)4-9-23-17/h1-3,10,14,16,19-20,22H,4-9,11H2/t14-,16-/m0/s1. The van der Waals surface area contributed by atoms with Gasteiger partial charge in [-0.3, -0.25) is 4.79 Å². The summed E-state index contributed by atoms with van der Waals surface area (Å²) in [6.45, 7) is 1.44. The van der Waals surface area contributed by atoms with Crippen molar-refractivity contribution in [3.8, 4) is 5.75 Å². The number of benzene rings is 1. The Morgan fingerprint density at radius 1 is 1.30 bits per heavy atom. The normalized spacial score (nSPS) is 27.1. The number of piperidine rings is 1. The van der Waals surface area contributed by atoms with Crippen LogP contribution >= 0.6 is 0 Å². The molecule has 1 amide bonds. The number of amides is 1. The first kappa shape index (κ1) is 16.2. The SMILES string of the molecule is O=C(Cc1cccc(O)c1)N1CCC2(CC1)OCC[C@H](O)[C@@H]2O. The van der Waals surface area contributed by atoms with E-state index < -0.39 is 17.8 Å². The van der Waals surface area contributed by atoms with Crippen LogP contribution in [0.3, 0.4) is 0 Å². The quantitative estimate of drug-likeness (QED) is 0.735. The van der Waals surface area contributed by atoms with Gasteiger partial charge in [0.15, 0.2) is 0 Å². The van der Waals surface area contributed by atoms with Crippen molar-refractivity contribution in [2.24, 2.45) is 0 Å². The molecule has 0 saturated carbocycles. The van der Waals surface area contributed by atoms with Crippen LogP contribution in [0, 0.1) is 0 Å². The van der Waals surface area contributed by atoms with E-state index >= 15 is 0 Å². The van der Waals surface area contributed by atoms with E-state index in [2.05, 4.69) is 0 Å². The molecule has 0 bridgehead atoms. The topological polar surface area (TPSA) is 90.2 Å². The van der Waals surface area contributed by atoms with Crippen molar-refractivity contribution in [3.63, 3.8) is 0 Å². The van der Waals surface area contributed by atoms with Gasteiger partial charge in [-0.2, -0.15) is 0 Å². The fourth-order valence-electron chi connectivity index (χ4n) is 3.50. The van der Waals surface area contributed by atoms with E-state index in [1.807, 2.05) is 6.07 Å². The molecule has 6 nitrogen and oxygen atoms in total. The highest BCUT2D eigenvalue weighted by Crippen LogP contribution is 2.35. The Bertz CT molecular complexity index is 568. The number of hydrogen-bond acceptors (Lipinski definition) is 5. The van der Waals surface area contributed by atoms with Crippen LogP contribution < -0.4 is 0 Å². The Labute approximate surface area is 135 Å². The van der Waals surface area contributed by atoms with E-state index in [0.29, 0.717) is 39.0 Å². The number of phenols is 1. The largest absolute Gasteiger partial charge is 0.508 e. The summed E-state index contributed by atoms with van der Waals surface area (Å²) in [5.74, 6) is 0.150. The van der Waals surface area contributed by atoms with Gasteiger partial charge in [0.25, 0.3) is 0 Å². The zero-order chi connectivity index (χ0) is 16.4. The minimum Gasteiger partial charge on any atom is -0.508 e. The maximum absolute atomic E-state index is 12.4. The van der Waals surface area contributed by atoms with E-state index in [1.54, 1.807) is 23.1 Å². The van der Waals surface area contributed by atoms with Gasteiger partial charge in [0, 0.05) is 13.1 Å². The second-order valence-corrected chi connectivity index (χ2v) is 6.44. The van der Waals surface area contributed by atoms with E-state index in [1.165, 1.54) is 0 Å². The first-order chi connectivity index (χ1) is 11.0. The molecule has 2 aliphatic heterocycles. The number of aromatic hydroxyl groups is 1. The molecule has 1 spiro atoms. The van der Waals surface area contributed by atoms with Gasteiger partial charge in [-0.05, 0) is 37.0 Å². The van der Waals surface area contributed by atoms with Gasteiger partial charge in [0.2, 0.25) is 5.91 Å². The van der Waals surface area contributed by atoms with Crippen molar-refractivity contribution in [2.75, 3.05) is 19.7 Å². The summed E-state index contributed by atoms with van der Waals surface area (Å²) in [5.41, 5.74) is 0.0547. The third kappa shape index (κ3) is 3.34.